The van der Waals surface area contributed by atoms with Crippen LogP contribution in [0, 0.1) is 6.92 Å². The number of methoxy groups -OCH3 is 1. The lowest BCUT2D eigenvalue weighted by molar-refractivity contribution is -0.158. The Labute approximate surface area is 153 Å². The summed E-state index contributed by atoms with van der Waals surface area (Å²) in [4.78, 5) is 24.6. The molecule has 3 rings (SSSR count). The van der Waals surface area contributed by atoms with Gasteiger partial charge in [-0.15, -0.1) is 0 Å². The number of esters is 2. The van der Waals surface area contributed by atoms with E-state index in [1.807, 2.05) is 25.1 Å². The van der Waals surface area contributed by atoms with Gasteiger partial charge in [0, 0.05) is 22.6 Å². The molecule has 1 saturated carbocycles. The summed E-state index contributed by atoms with van der Waals surface area (Å²) in [6.45, 7) is 6.82. The molecule has 0 radical (unpaired) electrons. The van der Waals surface area contributed by atoms with Gasteiger partial charge >= 0.3 is 11.9 Å². The number of carbonyl (C=O) groups is 2. The van der Waals surface area contributed by atoms with E-state index in [2.05, 4.69) is 4.57 Å². The number of aromatic nitrogens is 1. The first-order valence-electron chi connectivity index (χ1n) is 8.79. The fourth-order valence-electron chi connectivity index (χ4n) is 3.18. The van der Waals surface area contributed by atoms with Gasteiger partial charge in [0.1, 0.15) is 11.4 Å². The van der Waals surface area contributed by atoms with Gasteiger partial charge in [0.25, 0.3) is 0 Å². The summed E-state index contributed by atoms with van der Waals surface area (Å²) in [5.41, 5.74) is 1.70. The molecule has 0 atom stereocenters. The molecule has 0 saturated heterocycles. The molecular formula is C20H25NO5. The maximum Gasteiger partial charge on any atom is 0.344 e. The molecule has 1 aromatic carbocycles. The van der Waals surface area contributed by atoms with Crippen molar-refractivity contribution < 1.29 is 23.8 Å². The van der Waals surface area contributed by atoms with Gasteiger partial charge < -0.3 is 18.8 Å². The third-order valence-corrected chi connectivity index (χ3v) is 4.31. The Morgan fingerprint density at radius 1 is 1.23 bits per heavy atom. The van der Waals surface area contributed by atoms with E-state index in [0.717, 1.165) is 29.4 Å². The smallest absolute Gasteiger partial charge is 0.344 e. The molecular weight excluding hydrogens is 334 g/mol. The van der Waals surface area contributed by atoms with Crippen LogP contribution in [0.5, 0.6) is 5.75 Å². The van der Waals surface area contributed by atoms with Crippen molar-refractivity contribution in [1.82, 2.24) is 4.57 Å². The topological polar surface area (TPSA) is 66.8 Å². The SMILES string of the molecule is COc1ccc2c(c1)c(C(=O)OCC(=O)OC(C)(C)C)c(C)n2C1CC1. The van der Waals surface area contributed by atoms with Crippen molar-refractivity contribution >= 4 is 22.8 Å². The van der Waals surface area contributed by atoms with Gasteiger partial charge in [-0.05, 0) is 58.7 Å². The van der Waals surface area contributed by atoms with E-state index in [1.54, 1.807) is 27.9 Å². The van der Waals surface area contributed by atoms with E-state index >= 15 is 0 Å². The molecule has 2 aromatic rings. The molecule has 26 heavy (non-hydrogen) atoms. The average Bonchev–Trinajstić information content (AvgIpc) is 3.33. The molecule has 1 aromatic heterocycles. The Kier molecular flexibility index (Phi) is 4.69. The van der Waals surface area contributed by atoms with E-state index in [1.165, 1.54) is 0 Å². The normalized spacial score (nSPS) is 14.3. The van der Waals surface area contributed by atoms with Crippen molar-refractivity contribution in [1.29, 1.82) is 0 Å². The van der Waals surface area contributed by atoms with Crippen LogP contribution in [-0.4, -0.2) is 35.8 Å². The molecule has 1 fully saturated rings. The lowest BCUT2D eigenvalue weighted by Crippen LogP contribution is -2.27. The molecule has 140 valence electrons. The molecule has 1 heterocycles. The van der Waals surface area contributed by atoms with E-state index in [9.17, 15) is 9.59 Å². The summed E-state index contributed by atoms with van der Waals surface area (Å²) in [5, 5.41) is 0.780. The van der Waals surface area contributed by atoms with Crippen LogP contribution in [0.4, 0.5) is 0 Å². The van der Waals surface area contributed by atoms with Crippen molar-refractivity contribution in [2.24, 2.45) is 0 Å². The quantitative estimate of drug-likeness (QED) is 0.760. The average molecular weight is 359 g/mol. The van der Waals surface area contributed by atoms with Crippen LogP contribution in [-0.2, 0) is 14.3 Å². The summed E-state index contributed by atoms with van der Waals surface area (Å²) in [6, 6.07) is 6.10. The number of rotatable bonds is 5. The first kappa shape index (κ1) is 18.3. The van der Waals surface area contributed by atoms with E-state index in [4.69, 9.17) is 14.2 Å². The van der Waals surface area contributed by atoms with Gasteiger partial charge in [0.15, 0.2) is 6.61 Å². The van der Waals surface area contributed by atoms with Crippen molar-refractivity contribution in [3.05, 3.63) is 29.5 Å². The van der Waals surface area contributed by atoms with Crippen molar-refractivity contribution in [2.75, 3.05) is 13.7 Å². The first-order valence-corrected chi connectivity index (χ1v) is 8.79. The second kappa shape index (κ2) is 6.67. The Morgan fingerprint density at radius 2 is 1.92 bits per heavy atom. The number of fused-ring (bicyclic) bond motifs is 1. The zero-order valence-electron chi connectivity index (χ0n) is 15.9. The maximum absolute atomic E-state index is 12.7. The Hall–Kier alpha value is -2.50. The van der Waals surface area contributed by atoms with Crippen LogP contribution in [0.15, 0.2) is 18.2 Å². The highest BCUT2D eigenvalue weighted by Crippen LogP contribution is 2.42. The van der Waals surface area contributed by atoms with Crippen LogP contribution >= 0.6 is 0 Å². The number of benzene rings is 1. The zero-order valence-corrected chi connectivity index (χ0v) is 15.9. The highest BCUT2D eigenvalue weighted by atomic mass is 16.6. The molecule has 0 aliphatic heterocycles. The first-order chi connectivity index (χ1) is 12.2. The summed E-state index contributed by atoms with van der Waals surface area (Å²) in [5.74, 6) is -0.412. The van der Waals surface area contributed by atoms with Gasteiger partial charge in [0.05, 0.1) is 12.7 Å². The third-order valence-electron chi connectivity index (χ3n) is 4.31. The molecule has 0 spiro atoms. The van der Waals surface area contributed by atoms with Crippen LogP contribution in [0.3, 0.4) is 0 Å². The van der Waals surface area contributed by atoms with Crippen molar-refractivity contribution in [3.63, 3.8) is 0 Å². The predicted molar refractivity (Wildman–Crippen MR) is 97.6 cm³/mol. The number of ether oxygens (including phenoxy) is 3. The van der Waals surface area contributed by atoms with E-state index in [0.29, 0.717) is 17.4 Å². The Bertz CT molecular complexity index is 855. The second-order valence-corrected chi connectivity index (χ2v) is 7.61. The number of carbonyl (C=O) groups excluding carboxylic acids is 2. The van der Waals surface area contributed by atoms with Gasteiger partial charge in [0.2, 0.25) is 0 Å². The molecule has 1 aliphatic rings. The summed E-state index contributed by atoms with van der Waals surface area (Å²) in [7, 11) is 1.59. The van der Waals surface area contributed by atoms with E-state index in [-0.39, 0.29) is 0 Å². The molecule has 0 N–H and O–H groups in total. The largest absolute Gasteiger partial charge is 0.497 e. The minimum atomic E-state index is -0.616. The van der Waals surface area contributed by atoms with Crippen LogP contribution < -0.4 is 4.74 Å². The summed E-state index contributed by atoms with van der Waals surface area (Å²) in [6.07, 6.45) is 2.20. The number of hydrogen-bond acceptors (Lipinski definition) is 5. The molecule has 6 heteroatoms. The van der Waals surface area contributed by atoms with Gasteiger partial charge in [-0.25, -0.2) is 9.59 Å². The maximum atomic E-state index is 12.7. The highest BCUT2D eigenvalue weighted by molar-refractivity contribution is 6.06. The molecule has 0 amide bonds. The predicted octanol–water partition coefficient (Wildman–Crippen LogP) is 3.79. The second-order valence-electron chi connectivity index (χ2n) is 7.61. The third kappa shape index (κ3) is 3.69. The van der Waals surface area contributed by atoms with Gasteiger partial charge in [-0.2, -0.15) is 0 Å². The number of nitrogens with zero attached hydrogens (tertiary/aromatic N) is 1. The summed E-state index contributed by atoms with van der Waals surface area (Å²) < 4.78 is 17.9. The monoisotopic (exact) mass is 359 g/mol. The van der Waals surface area contributed by atoms with Gasteiger partial charge in [-0.3, -0.25) is 0 Å². The van der Waals surface area contributed by atoms with Crippen LogP contribution in [0.1, 0.15) is 55.7 Å². The minimum Gasteiger partial charge on any atom is -0.497 e. The van der Waals surface area contributed by atoms with Crippen LogP contribution in [0.2, 0.25) is 0 Å². The molecule has 0 unspecified atom stereocenters. The fourth-order valence-corrected chi connectivity index (χ4v) is 3.18. The summed E-state index contributed by atoms with van der Waals surface area (Å²) >= 11 is 0. The number of hydrogen-bond donors (Lipinski definition) is 0. The molecule has 6 nitrogen and oxygen atoms in total. The highest BCUT2D eigenvalue weighted by Gasteiger charge is 2.31. The lowest BCUT2D eigenvalue weighted by atomic mass is 10.1. The Morgan fingerprint density at radius 3 is 2.50 bits per heavy atom. The lowest BCUT2D eigenvalue weighted by Gasteiger charge is -2.19. The van der Waals surface area contributed by atoms with Crippen molar-refractivity contribution in [3.8, 4) is 5.75 Å². The zero-order chi connectivity index (χ0) is 19.1. The standard InChI is InChI=1S/C20H25NO5/c1-12-18(19(23)25-11-17(22)26-20(2,3)4)15-10-14(24-5)8-9-16(15)21(12)13-6-7-13/h8-10,13H,6-7,11H2,1-5H3. The van der Waals surface area contributed by atoms with Crippen molar-refractivity contribution in [2.45, 2.75) is 52.2 Å². The minimum absolute atomic E-state index is 0.407. The molecule has 0 bridgehead atoms. The van der Waals surface area contributed by atoms with Crippen LogP contribution in [0.25, 0.3) is 10.9 Å². The Balaban J connectivity index is 1.89. The fraction of sp³-hybridized carbons (Fsp3) is 0.500. The molecule has 1 aliphatic carbocycles. The van der Waals surface area contributed by atoms with E-state index < -0.39 is 24.1 Å². The van der Waals surface area contributed by atoms with Gasteiger partial charge in [-0.1, -0.05) is 0 Å².